The third-order valence-electron chi connectivity index (χ3n) is 5.17. The summed E-state index contributed by atoms with van der Waals surface area (Å²) in [4.78, 5) is 25.5. The molecule has 1 heterocycles. The minimum Gasteiger partial charge on any atom is -0.466 e. The topological polar surface area (TPSA) is 148 Å². The van der Waals surface area contributed by atoms with Crippen LogP contribution in [-0.4, -0.2) is 48.5 Å². The summed E-state index contributed by atoms with van der Waals surface area (Å²) < 4.78 is 46.7. The summed E-state index contributed by atoms with van der Waals surface area (Å²) in [5.74, 6) is -1.80. The number of rotatable bonds is 5. The van der Waals surface area contributed by atoms with Crippen LogP contribution in [0.3, 0.4) is 0 Å². The second-order valence-electron chi connectivity index (χ2n) is 6.81. The van der Waals surface area contributed by atoms with Crippen LogP contribution in [0.25, 0.3) is 0 Å². The number of esters is 2. The molecule has 1 aliphatic heterocycles. The van der Waals surface area contributed by atoms with Crippen LogP contribution in [0.2, 0.25) is 0 Å². The van der Waals surface area contributed by atoms with Crippen molar-refractivity contribution in [1.29, 1.82) is 0 Å². The largest absolute Gasteiger partial charge is 0.466 e. The summed E-state index contributed by atoms with van der Waals surface area (Å²) in [5.41, 5.74) is 1.87. The number of nitrogens with zero attached hydrogens (tertiary/aromatic N) is 1. The lowest BCUT2D eigenvalue weighted by molar-refractivity contribution is -2.00. The minimum atomic E-state index is -4.94. The van der Waals surface area contributed by atoms with Gasteiger partial charge < -0.3 is 9.47 Å². The highest BCUT2D eigenvalue weighted by Crippen LogP contribution is 2.40. The molecule has 0 amide bonds. The molecule has 0 saturated carbocycles. The lowest BCUT2D eigenvalue weighted by atomic mass is 9.69. The van der Waals surface area contributed by atoms with Gasteiger partial charge in [-0.05, 0) is 26.3 Å². The first-order valence-corrected chi connectivity index (χ1v) is 10.7. The van der Waals surface area contributed by atoms with E-state index in [4.69, 9.17) is 28.1 Å². The molecule has 4 unspecified atom stereocenters. The lowest BCUT2D eigenvalue weighted by Gasteiger charge is -2.36. The number of benzene rings is 1. The highest BCUT2D eigenvalue weighted by molar-refractivity contribution is 6.00. The zero-order chi connectivity index (χ0) is 23.1. The molecule has 1 aromatic carbocycles. The molecule has 1 aliphatic rings. The predicted molar refractivity (Wildman–Crippen MR) is 95.8 cm³/mol. The smallest absolute Gasteiger partial charge is 0.319 e. The zero-order valence-electron chi connectivity index (χ0n) is 17.7. The molecule has 30 heavy (non-hydrogen) atoms. The van der Waals surface area contributed by atoms with Gasteiger partial charge in [0.15, 0.2) is 11.8 Å². The van der Waals surface area contributed by atoms with Gasteiger partial charge in [0.05, 0.1) is 13.2 Å². The Morgan fingerprint density at radius 3 is 1.93 bits per heavy atom. The summed E-state index contributed by atoms with van der Waals surface area (Å²) in [5, 5.41) is 0. The van der Waals surface area contributed by atoms with Crippen LogP contribution in [0.15, 0.2) is 30.3 Å². The van der Waals surface area contributed by atoms with Gasteiger partial charge in [0, 0.05) is 12.8 Å². The number of carbonyl (C=O) groups excluding carboxylic acids is 2. The minimum absolute atomic E-state index is 0.0741. The first kappa shape index (κ1) is 26.0. The van der Waals surface area contributed by atoms with E-state index in [0.29, 0.717) is 13.2 Å². The fourth-order valence-corrected chi connectivity index (χ4v) is 3.76. The van der Waals surface area contributed by atoms with Gasteiger partial charge in [-0.1, -0.05) is 30.3 Å². The van der Waals surface area contributed by atoms with Crippen LogP contribution in [0.5, 0.6) is 0 Å². The van der Waals surface area contributed by atoms with E-state index in [1.165, 1.54) is 0 Å². The van der Waals surface area contributed by atoms with Crippen molar-refractivity contribution in [3.63, 3.8) is 0 Å². The number of halogens is 1. The molecule has 4 atom stereocenters. The Balaban J connectivity index is 0.000000804. The average molecular weight is 446 g/mol. The Kier molecular flexibility index (Phi) is 9.86. The van der Waals surface area contributed by atoms with Crippen LogP contribution in [-0.2, 0) is 19.1 Å². The molecule has 0 spiro atoms. The third kappa shape index (κ3) is 7.03. The number of hydrogen-bond acceptors (Lipinski definition) is 8. The normalized spacial score (nSPS) is 23.9. The maximum absolute atomic E-state index is 12.8. The summed E-state index contributed by atoms with van der Waals surface area (Å²) in [7, 11) is -3.03. The molecule has 0 fully saturated rings. The van der Waals surface area contributed by atoms with Crippen molar-refractivity contribution in [3.05, 3.63) is 35.9 Å². The fraction of sp³-hybridized carbons (Fsp3) is 0.550. The van der Waals surface area contributed by atoms with E-state index >= 15 is 0 Å². The highest BCUT2D eigenvalue weighted by atomic mass is 35.7. The number of ether oxygens (including phenoxy) is 2. The molecular weight excluding hydrogens is 418 g/mol. The fourth-order valence-electron chi connectivity index (χ4n) is 3.76. The predicted octanol–water partition coefficient (Wildman–Crippen LogP) is -2.12. The van der Waals surface area contributed by atoms with Crippen molar-refractivity contribution in [1.82, 2.24) is 0 Å². The van der Waals surface area contributed by atoms with E-state index in [2.05, 4.69) is 0 Å². The van der Waals surface area contributed by atoms with Gasteiger partial charge in [-0.3, -0.25) is 9.59 Å². The van der Waals surface area contributed by atoms with Crippen LogP contribution in [0, 0.1) is 22.1 Å². The van der Waals surface area contributed by atoms with Gasteiger partial charge >= 0.3 is 11.9 Å². The van der Waals surface area contributed by atoms with E-state index < -0.39 is 22.1 Å². The molecule has 0 N–H and O–H groups in total. The standard InChI is InChI=1S/C20H28NO4.ClHO4/c1-6-24-19(22)16-13(3)21(5)14(4)17(20(23)25-7-2)18(16)15-11-9-8-10-12-15;2-1(3,4)5/h8-13,16-18H,6-7H2,1-5H3;(H,2,3,4,5)/q+1;/p-1. The number of hydrogen-bond donors (Lipinski definition) is 0. The summed E-state index contributed by atoms with van der Waals surface area (Å²) in [6.45, 7) is 8.17. The molecule has 9 nitrogen and oxygen atoms in total. The van der Waals surface area contributed by atoms with Crippen molar-refractivity contribution in [2.75, 3.05) is 20.3 Å². The van der Waals surface area contributed by atoms with Crippen molar-refractivity contribution in [3.8, 4) is 0 Å². The quantitative estimate of drug-likeness (QED) is 0.369. The Morgan fingerprint density at radius 1 is 1.00 bits per heavy atom. The molecule has 0 aromatic heterocycles. The Morgan fingerprint density at radius 2 is 1.47 bits per heavy atom. The maximum atomic E-state index is 12.8. The van der Waals surface area contributed by atoms with Crippen LogP contribution in [0.1, 0.15) is 39.2 Å². The second-order valence-corrected chi connectivity index (χ2v) is 7.57. The molecule has 1 aromatic rings. The van der Waals surface area contributed by atoms with Crippen LogP contribution < -0.4 is 18.6 Å². The van der Waals surface area contributed by atoms with Gasteiger partial charge in [-0.15, -0.1) is 10.2 Å². The Hall–Kier alpha value is -2.04. The van der Waals surface area contributed by atoms with E-state index in [9.17, 15) is 9.59 Å². The summed E-state index contributed by atoms with van der Waals surface area (Å²) in [6.07, 6.45) is 0. The third-order valence-corrected chi connectivity index (χ3v) is 5.17. The summed E-state index contributed by atoms with van der Waals surface area (Å²) >= 11 is 0. The maximum Gasteiger partial charge on any atom is 0.319 e. The van der Waals surface area contributed by atoms with Crippen LogP contribution in [0.4, 0.5) is 0 Å². The Bertz CT molecular complexity index is 741. The molecule has 0 radical (unpaired) electrons. The van der Waals surface area contributed by atoms with Crippen molar-refractivity contribution in [2.45, 2.75) is 39.7 Å². The van der Waals surface area contributed by atoms with Gasteiger partial charge in [0.2, 0.25) is 0 Å². The first-order valence-electron chi connectivity index (χ1n) is 9.50. The van der Waals surface area contributed by atoms with Gasteiger partial charge in [-0.2, -0.15) is 0 Å². The molecule has 0 saturated heterocycles. The molecular formula is C20H28ClNO8. The zero-order valence-corrected chi connectivity index (χ0v) is 18.5. The van der Waals surface area contributed by atoms with Gasteiger partial charge in [0.25, 0.3) is 0 Å². The van der Waals surface area contributed by atoms with E-state index in [-0.39, 0.29) is 23.9 Å². The SMILES string of the molecule is CCOC(=O)C1C(C)=[N+](C)C(C)C(C(=O)OCC)C1c1ccccc1.[O-][Cl+3]([O-])([O-])[O-]. The Labute approximate surface area is 178 Å². The second kappa shape index (κ2) is 11.4. The first-order chi connectivity index (χ1) is 13.9. The van der Waals surface area contributed by atoms with Gasteiger partial charge in [0.1, 0.15) is 18.9 Å². The molecule has 0 aliphatic carbocycles. The van der Waals surface area contributed by atoms with Crippen molar-refractivity contribution in [2.24, 2.45) is 11.8 Å². The lowest BCUT2D eigenvalue weighted by Crippen LogP contribution is -2.68. The highest BCUT2D eigenvalue weighted by Gasteiger charge is 2.53. The molecule has 10 heteroatoms. The van der Waals surface area contributed by atoms with Gasteiger partial charge in [-0.25, -0.2) is 23.2 Å². The van der Waals surface area contributed by atoms with Crippen molar-refractivity contribution >= 4 is 17.7 Å². The molecule has 2 rings (SSSR count). The molecule has 168 valence electrons. The molecule has 0 bridgehead atoms. The van der Waals surface area contributed by atoms with E-state index in [1.54, 1.807) is 13.8 Å². The monoisotopic (exact) mass is 445 g/mol. The van der Waals surface area contributed by atoms with Crippen LogP contribution >= 0.6 is 0 Å². The number of carbonyl (C=O) groups is 2. The van der Waals surface area contributed by atoms with E-state index in [1.807, 2.05) is 55.8 Å². The van der Waals surface area contributed by atoms with E-state index in [0.717, 1.165) is 11.3 Å². The summed E-state index contributed by atoms with van der Waals surface area (Å²) in [6, 6.07) is 9.64. The van der Waals surface area contributed by atoms with Crippen molar-refractivity contribution < 1.29 is 52.5 Å². The average Bonchev–Trinajstić information content (AvgIpc) is 2.65.